The van der Waals surface area contributed by atoms with E-state index in [1.165, 1.54) is 0 Å². The molecule has 2 rings (SSSR count). The summed E-state index contributed by atoms with van der Waals surface area (Å²) in [5.41, 5.74) is 6.35. The summed E-state index contributed by atoms with van der Waals surface area (Å²) in [5, 5.41) is 8.97. The van der Waals surface area contributed by atoms with Crippen molar-refractivity contribution in [2.75, 3.05) is 20.3 Å². The van der Waals surface area contributed by atoms with Gasteiger partial charge in [-0.2, -0.15) is 0 Å². The third kappa shape index (κ3) is 4.09. The minimum Gasteiger partial charge on any atom is -0.493 e. The molecule has 0 saturated carbocycles. The van der Waals surface area contributed by atoms with Crippen LogP contribution in [0.2, 0.25) is 0 Å². The van der Waals surface area contributed by atoms with Crippen molar-refractivity contribution < 1.29 is 24.1 Å². The van der Waals surface area contributed by atoms with Crippen molar-refractivity contribution >= 4 is 5.97 Å². The van der Waals surface area contributed by atoms with Crippen molar-refractivity contribution in [3.63, 3.8) is 0 Å². The van der Waals surface area contributed by atoms with Gasteiger partial charge in [0.1, 0.15) is 12.1 Å². The van der Waals surface area contributed by atoms with Crippen molar-refractivity contribution in [1.29, 1.82) is 0 Å². The number of hydrogen-bond donors (Lipinski definition) is 2. The fraction of sp³-hybridized carbons (Fsp3) is 0.533. The molecule has 0 spiro atoms. The summed E-state index contributed by atoms with van der Waals surface area (Å²) in [5.74, 6) is 0.104. The van der Waals surface area contributed by atoms with Crippen LogP contribution in [0.25, 0.3) is 0 Å². The van der Waals surface area contributed by atoms with Crippen LogP contribution in [-0.2, 0) is 16.0 Å². The molecule has 3 N–H and O–H groups in total. The molecule has 1 aliphatic heterocycles. The van der Waals surface area contributed by atoms with Gasteiger partial charge in [0.05, 0.1) is 13.7 Å². The van der Waals surface area contributed by atoms with Gasteiger partial charge in [0.2, 0.25) is 0 Å². The fourth-order valence-electron chi connectivity index (χ4n) is 2.31. The van der Waals surface area contributed by atoms with E-state index < -0.39 is 12.0 Å². The van der Waals surface area contributed by atoms with E-state index in [1.54, 1.807) is 19.2 Å². The van der Waals surface area contributed by atoms with Gasteiger partial charge in [-0.25, -0.2) is 0 Å². The molecule has 1 heterocycles. The van der Waals surface area contributed by atoms with Crippen molar-refractivity contribution in [2.45, 2.75) is 31.4 Å². The molecule has 2 unspecified atom stereocenters. The number of benzene rings is 1. The largest absolute Gasteiger partial charge is 0.493 e. The molecule has 6 nitrogen and oxygen atoms in total. The van der Waals surface area contributed by atoms with E-state index in [1.807, 2.05) is 6.07 Å². The van der Waals surface area contributed by atoms with Gasteiger partial charge in [-0.05, 0) is 18.9 Å². The molecule has 0 amide bonds. The molecular weight excluding hydrogens is 274 g/mol. The van der Waals surface area contributed by atoms with Crippen molar-refractivity contribution in [3.8, 4) is 11.5 Å². The Morgan fingerprint density at radius 3 is 3.00 bits per heavy atom. The first-order chi connectivity index (χ1) is 10.1. The zero-order valence-corrected chi connectivity index (χ0v) is 12.1. The van der Waals surface area contributed by atoms with Crippen LogP contribution in [0.4, 0.5) is 0 Å². The number of ether oxygens (including phenoxy) is 3. The Morgan fingerprint density at radius 2 is 2.38 bits per heavy atom. The highest BCUT2D eigenvalue weighted by Crippen LogP contribution is 2.33. The lowest BCUT2D eigenvalue weighted by Gasteiger charge is -2.25. The van der Waals surface area contributed by atoms with Gasteiger partial charge in [0.25, 0.3) is 0 Å². The second-order valence-corrected chi connectivity index (χ2v) is 5.05. The van der Waals surface area contributed by atoms with Gasteiger partial charge in [-0.1, -0.05) is 12.1 Å². The van der Waals surface area contributed by atoms with E-state index in [0.717, 1.165) is 25.0 Å². The maximum Gasteiger partial charge on any atom is 0.320 e. The van der Waals surface area contributed by atoms with E-state index in [9.17, 15) is 4.79 Å². The normalized spacial score (nSPS) is 19.8. The van der Waals surface area contributed by atoms with Gasteiger partial charge in [0.15, 0.2) is 11.5 Å². The number of aliphatic carboxylic acids is 1. The molecule has 6 heteroatoms. The molecule has 21 heavy (non-hydrogen) atoms. The standard InChI is InChI=1S/C15H21NO5/c1-19-13-6-2-4-10(8-12(16)15(17)18)14(13)21-11-5-3-7-20-9-11/h2,4,6,11-12H,3,5,7-9,16H2,1H3,(H,17,18). The molecule has 1 aromatic rings. The molecule has 1 saturated heterocycles. The Kier molecular flexibility index (Phi) is 5.41. The monoisotopic (exact) mass is 295 g/mol. The number of para-hydroxylation sites is 1. The molecule has 116 valence electrons. The van der Waals surface area contributed by atoms with Crippen LogP contribution >= 0.6 is 0 Å². The minimum absolute atomic E-state index is 0.0464. The molecular formula is C15H21NO5. The predicted molar refractivity (Wildman–Crippen MR) is 76.8 cm³/mol. The fourth-order valence-corrected chi connectivity index (χ4v) is 2.31. The highest BCUT2D eigenvalue weighted by Gasteiger charge is 2.22. The molecule has 0 radical (unpaired) electrons. The van der Waals surface area contributed by atoms with Crippen LogP contribution in [0.5, 0.6) is 11.5 Å². The van der Waals surface area contributed by atoms with Crippen LogP contribution in [0.15, 0.2) is 18.2 Å². The van der Waals surface area contributed by atoms with Gasteiger partial charge >= 0.3 is 5.97 Å². The first-order valence-electron chi connectivity index (χ1n) is 7.00. The Bertz CT molecular complexity index is 485. The average Bonchev–Trinajstić information content (AvgIpc) is 2.49. The molecule has 0 aromatic heterocycles. The van der Waals surface area contributed by atoms with E-state index in [-0.39, 0.29) is 12.5 Å². The van der Waals surface area contributed by atoms with Crippen molar-refractivity contribution in [1.82, 2.24) is 0 Å². The molecule has 1 aromatic carbocycles. The van der Waals surface area contributed by atoms with Crippen LogP contribution < -0.4 is 15.2 Å². The van der Waals surface area contributed by atoms with Crippen LogP contribution in [-0.4, -0.2) is 43.5 Å². The Balaban J connectivity index is 2.20. The van der Waals surface area contributed by atoms with Gasteiger partial charge in [-0.15, -0.1) is 0 Å². The summed E-state index contributed by atoms with van der Waals surface area (Å²) < 4.78 is 16.7. The minimum atomic E-state index is -1.04. The van der Waals surface area contributed by atoms with Crippen LogP contribution in [0.1, 0.15) is 18.4 Å². The number of carboxylic acids is 1. The summed E-state index contributed by atoms with van der Waals surface area (Å²) in [7, 11) is 1.56. The molecule has 0 bridgehead atoms. The maximum absolute atomic E-state index is 10.9. The van der Waals surface area contributed by atoms with Crippen molar-refractivity contribution in [3.05, 3.63) is 23.8 Å². The number of hydrogen-bond acceptors (Lipinski definition) is 5. The lowest BCUT2D eigenvalue weighted by Crippen LogP contribution is -2.33. The highest BCUT2D eigenvalue weighted by atomic mass is 16.5. The molecule has 2 atom stereocenters. The number of methoxy groups -OCH3 is 1. The zero-order valence-electron chi connectivity index (χ0n) is 12.1. The second kappa shape index (κ2) is 7.28. The predicted octanol–water partition coefficient (Wildman–Crippen LogP) is 1.21. The Hall–Kier alpha value is -1.79. The summed E-state index contributed by atoms with van der Waals surface area (Å²) in [6.07, 6.45) is 2.00. The third-order valence-electron chi connectivity index (χ3n) is 3.44. The second-order valence-electron chi connectivity index (χ2n) is 5.05. The van der Waals surface area contributed by atoms with Crippen molar-refractivity contribution in [2.24, 2.45) is 5.73 Å². The maximum atomic E-state index is 10.9. The Labute approximate surface area is 123 Å². The number of carbonyl (C=O) groups is 1. The smallest absolute Gasteiger partial charge is 0.320 e. The Morgan fingerprint density at radius 1 is 1.57 bits per heavy atom. The summed E-state index contributed by atoms with van der Waals surface area (Å²) in [6.45, 7) is 1.28. The molecule has 1 aliphatic rings. The first-order valence-corrected chi connectivity index (χ1v) is 7.00. The first kappa shape index (κ1) is 15.6. The van der Waals surface area contributed by atoms with E-state index in [0.29, 0.717) is 18.1 Å². The highest BCUT2D eigenvalue weighted by molar-refractivity contribution is 5.73. The number of rotatable bonds is 6. The number of nitrogens with two attached hydrogens (primary N) is 1. The number of carboxylic acid groups (broad SMARTS) is 1. The summed E-state index contributed by atoms with van der Waals surface area (Å²) >= 11 is 0. The average molecular weight is 295 g/mol. The van der Waals surface area contributed by atoms with Crippen LogP contribution in [0.3, 0.4) is 0 Å². The lowest BCUT2D eigenvalue weighted by molar-refractivity contribution is -0.138. The summed E-state index contributed by atoms with van der Waals surface area (Å²) in [6, 6.07) is 4.42. The van der Waals surface area contributed by atoms with Gasteiger partial charge < -0.3 is 25.1 Å². The molecule has 0 aliphatic carbocycles. The quantitative estimate of drug-likeness (QED) is 0.819. The third-order valence-corrected chi connectivity index (χ3v) is 3.44. The van der Waals surface area contributed by atoms with E-state index in [2.05, 4.69) is 0 Å². The molecule has 1 fully saturated rings. The van der Waals surface area contributed by atoms with Gasteiger partial charge in [-0.3, -0.25) is 4.79 Å². The van der Waals surface area contributed by atoms with E-state index in [4.69, 9.17) is 25.1 Å². The SMILES string of the molecule is COc1cccc(CC(N)C(=O)O)c1OC1CCCOC1. The lowest BCUT2D eigenvalue weighted by atomic mass is 10.0. The topological polar surface area (TPSA) is 91.0 Å². The zero-order chi connectivity index (χ0) is 15.2. The van der Waals surface area contributed by atoms with Gasteiger partial charge in [0, 0.05) is 18.6 Å². The van der Waals surface area contributed by atoms with E-state index >= 15 is 0 Å². The van der Waals surface area contributed by atoms with Crippen LogP contribution in [0, 0.1) is 0 Å². The summed E-state index contributed by atoms with van der Waals surface area (Å²) in [4.78, 5) is 10.9.